The number of nitrogens with two attached hydrogens (primary N) is 1. The number of thiocarbonyl (C=S) groups is 1. The highest BCUT2D eigenvalue weighted by Gasteiger charge is 2.18. The molecule has 0 aliphatic carbocycles. The summed E-state index contributed by atoms with van der Waals surface area (Å²) >= 11 is 4.93. The second kappa shape index (κ2) is 7.58. The van der Waals surface area contributed by atoms with Crippen LogP contribution in [0.25, 0.3) is 0 Å². The van der Waals surface area contributed by atoms with Gasteiger partial charge in [-0.05, 0) is 24.0 Å². The Morgan fingerprint density at radius 3 is 2.65 bits per heavy atom. The lowest BCUT2D eigenvalue weighted by atomic mass is 9.86. The number of nitrogens with one attached hydrogen (secondary N) is 1. The molecule has 20 heavy (non-hydrogen) atoms. The van der Waals surface area contributed by atoms with Crippen molar-refractivity contribution in [2.45, 2.75) is 46.5 Å². The van der Waals surface area contributed by atoms with Crippen LogP contribution in [0.1, 0.15) is 52.0 Å². The minimum absolute atomic E-state index is 0.0920. The van der Waals surface area contributed by atoms with Gasteiger partial charge in [-0.3, -0.25) is 0 Å². The second-order valence-corrected chi connectivity index (χ2v) is 6.44. The van der Waals surface area contributed by atoms with Crippen LogP contribution < -0.4 is 11.1 Å². The fraction of sp³-hybridized carbons (Fsp3) is 0.562. The fourth-order valence-corrected chi connectivity index (χ4v) is 2.41. The van der Waals surface area contributed by atoms with Gasteiger partial charge >= 0.3 is 0 Å². The maximum atomic E-state index is 13.8. The van der Waals surface area contributed by atoms with Crippen LogP contribution >= 0.6 is 12.2 Å². The molecule has 1 aromatic rings. The largest absolute Gasteiger partial charge is 0.389 e. The first-order valence-electron chi connectivity index (χ1n) is 7.19. The Kier molecular flexibility index (Phi) is 6.40. The van der Waals surface area contributed by atoms with Crippen LogP contribution in [0.5, 0.6) is 0 Å². The smallest absolute Gasteiger partial charge is 0.135 e. The number of hydrogen-bond acceptors (Lipinski definition) is 2. The molecule has 4 heteroatoms. The molecule has 2 nitrogen and oxygen atoms in total. The van der Waals surface area contributed by atoms with Crippen molar-refractivity contribution in [3.63, 3.8) is 0 Å². The average Bonchev–Trinajstić information content (AvgIpc) is 2.36. The van der Waals surface area contributed by atoms with Crippen LogP contribution in [0.15, 0.2) is 18.2 Å². The van der Waals surface area contributed by atoms with Crippen molar-refractivity contribution in [1.29, 1.82) is 0 Å². The maximum absolute atomic E-state index is 13.8. The van der Waals surface area contributed by atoms with Crippen LogP contribution in [0.4, 0.5) is 10.1 Å². The third-order valence-corrected chi connectivity index (χ3v) is 3.68. The van der Waals surface area contributed by atoms with Crippen molar-refractivity contribution in [3.05, 3.63) is 29.6 Å². The molecule has 0 spiro atoms. The molecule has 1 rings (SSSR count). The van der Waals surface area contributed by atoms with Crippen LogP contribution in [0.3, 0.4) is 0 Å². The van der Waals surface area contributed by atoms with Crippen LogP contribution in [0.2, 0.25) is 0 Å². The number of unbranched alkanes of at least 4 members (excludes halogenated alkanes) is 2. The van der Waals surface area contributed by atoms with Crippen molar-refractivity contribution < 1.29 is 4.39 Å². The molecule has 0 amide bonds. The summed E-state index contributed by atoms with van der Waals surface area (Å²) in [6, 6.07) is 4.87. The van der Waals surface area contributed by atoms with Crippen molar-refractivity contribution in [3.8, 4) is 0 Å². The summed E-state index contributed by atoms with van der Waals surface area (Å²) in [6.45, 7) is 7.41. The van der Waals surface area contributed by atoms with E-state index in [0.29, 0.717) is 11.3 Å². The summed E-state index contributed by atoms with van der Waals surface area (Å²) in [6.07, 6.45) is 4.84. The number of anilines is 1. The van der Waals surface area contributed by atoms with Gasteiger partial charge in [-0.25, -0.2) is 4.39 Å². The second-order valence-electron chi connectivity index (χ2n) is 6.00. The van der Waals surface area contributed by atoms with Crippen molar-refractivity contribution in [2.24, 2.45) is 11.1 Å². The number of benzene rings is 1. The Labute approximate surface area is 126 Å². The monoisotopic (exact) mass is 296 g/mol. The molecular formula is C16H25FN2S. The molecular weight excluding hydrogens is 271 g/mol. The first kappa shape index (κ1) is 16.9. The zero-order valence-electron chi connectivity index (χ0n) is 12.6. The van der Waals surface area contributed by atoms with E-state index in [2.05, 4.69) is 26.1 Å². The van der Waals surface area contributed by atoms with E-state index in [1.165, 1.54) is 25.3 Å². The molecule has 3 N–H and O–H groups in total. The minimum atomic E-state index is -0.369. The molecule has 0 aromatic heterocycles. The summed E-state index contributed by atoms with van der Waals surface area (Å²) in [4.78, 5) is 0.0920. The Morgan fingerprint density at radius 1 is 1.35 bits per heavy atom. The zero-order chi connectivity index (χ0) is 15.2. The molecule has 0 aliphatic rings. The van der Waals surface area contributed by atoms with Gasteiger partial charge in [-0.15, -0.1) is 0 Å². The third-order valence-electron chi connectivity index (χ3n) is 3.47. The van der Waals surface area contributed by atoms with Gasteiger partial charge < -0.3 is 11.1 Å². The van der Waals surface area contributed by atoms with Crippen LogP contribution in [0, 0.1) is 11.2 Å². The molecule has 0 bridgehead atoms. The van der Waals surface area contributed by atoms with E-state index >= 15 is 0 Å². The van der Waals surface area contributed by atoms with Crippen LogP contribution in [-0.4, -0.2) is 11.5 Å². The SMILES string of the molecule is CCCCCC(C)(C)CNc1cccc(F)c1C(N)=S. The van der Waals surface area contributed by atoms with Crippen molar-refractivity contribution in [2.75, 3.05) is 11.9 Å². The molecule has 0 atom stereocenters. The highest BCUT2D eigenvalue weighted by atomic mass is 32.1. The number of rotatable bonds is 8. The normalized spacial score (nSPS) is 11.4. The summed E-state index contributed by atoms with van der Waals surface area (Å²) in [5, 5.41) is 3.30. The molecule has 0 radical (unpaired) electrons. The Morgan fingerprint density at radius 2 is 2.05 bits per heavy atom. The van der Waals surface area contributed by atoms with E-state index in [1.807, 2.05) is 6.07 Å². The van der Waals surface area contributed by atoms with E-state index < -0.39 is 0 Å². The van der Waals surface area contributed by atoms with Gasteiger partial charge in [0, 0.05) is 12.2 Å². The predicted octanol–water partition coefficient (Wildman–Crippen LogP) is 4.48. The first-order chi connectivity index (χ1) is 9.37. The molecule has 1 aromatic carbocycles. The molecule has 112 valence electrons. The lowest BCUT2D eigenvalue weighted by molar-refractivity contribution is 0.342. The highest BCUT2D eigenvalue weighted by Crippen LogP contribution is 2.26. The van der Waals surface area contributed by atoms with Crippen LogP contribution in [-0.2, 0) is 0 Å². The number of halogens is 1. The van der Waals surface area contributed by atoms with Gasteiger partial charge in [0.1, 0.15) is 10.8 Å². The predicted molar refractivity (Wildman–Crippen MR) is 88.7 cm³/mol. The number of hydrogen-bond donors (Lipinski definition) is 2. The van der Waals surface area contributed by atoms with Crippen molar-refractivity contribution in [1.82, 2.24) is 0 Å². The lowest BCUT2D eigenvalue weighted by Gasteiger charge is -2.26. The minimum Gasteiger partial charge on any atom is -0.389 e. The Balaban J connectivity index is 2.70. The van der Waals surface area contributed by atoms with Gasteiger partial charge in [0.2, 0.25) is 0 Å². The molecule has 0 heterocycles. The molecule has 0 aliphatic heterocycles. The highest BCUT2D eigenvalue weighted by molar-refractivity contribution is 7.80. The molecule has 0 saturated heterocycles. The quantitative estimate of drug-likeness (QED) is 0.549. The zero-order valence-corrected chi connectivity index (χ0v) is 13.4. The fourth-order valence-electron chi connectivity index (χ4n) is 2.20. The topological polar surface area (TPSA) is 38.0 Å². The summed E-state index contributed by atoms with van der Waals surface area (Å²) in [5.74, 6) is -0.369. The van der Waals surface area contributed by atoms with Gasteiger partial charge in [0.25, 0.3) is 0 Å². The summed E-state index contributed by atoms with van der Waals surface area (Å²) < 4.78 is 13.8. The van der Waals surface area contributed by atoms with Crippen molar-refractivity contribution >= 4 is 22.9 Å². The van der Waals surface area contributed by atoms with E-state index in [9.17, 15) is 4.39 Å². The average molecular weight is 296 g/mol. The van der Waals surface area contributed by atoms with Gasteiger partial charge in [-0.1, -0.05) is 58.3 Å². The van der Waals surface area contributed by atoms with E-state index in [-0.39, 0.29) is 16.2 Å². The summed E-state index contributed by atoms with van der Waals surface area (Å²) in [7, 11) is 0. The summed E-state index contributed by atoms with van der Waals surface area (Å²) in [5.41, 5.74) is 6.76. The molecule has 0 unspecified atom stereocenters. The first-order valence-corrected chi connectivity index (χ1v) is 7.60. The standard InChI is InChI=1S/C16H25FN2S/c1-4-5-6-10-16(2,3)11-19-13-9-7-8-12(17)14(13)15(18)20/h7-9,19H,4-6,10-11H2,1-3H3,(H2,18,20). The Hall–Kier alpha value is -1.16. The van der Waals surface area contributed by atoms with Gasteiger partial charge in [0.15, 0.2) is 0 Å². The van der Waals surface area contributed by atoms with E-state index in [4.69, 9.17) is 18.0 Å². The lowest BCUT2D eigenvalue weighted by Crippen LogP contribution is -2.25. The maximum Gasteiger partial charge on any atom is 0.135 e. The molecule has 0 saturated carbocycles. The van der Waals surface area contributed by atoms with E-state index in [1.54, 1.807) is 6.07 Å². The Bertz CT molecular complexity index is 458. The molecule has 0 fully saturated rings. The third kappa shape index (κ3) is 5.08. The van der Waals surface area contributed by atoms with E-state index in [0.717, 1.165) is 13.0 Å². The van der Waals surface area contributed by atoms with Gasteiger partial charge in [-0.2, -0.15) is 0 Å². The van der Waals surface area contributed by atoms with Gasteiger partial charge in [0.05, 0.1) is 5.56 Å².